The van der Waals surface area contributed by atoms with Gasteiger partial charge < -0.3 is 24.6 Å². The molecule has 1 aromatic carbocycles. The molecule has 1 unspecified atom stereocenters. The molecule has 7 heteroatoms. The van der Waals surface area contributed by atoms with Crippen molar-refractivity contribution in [3.8, 4) is 11.5 Å². The van der Waals surface area contributed by atoms with Crippen molar-refractivity contribution in [1.82, 2.24) is 5.32 Å². The number of carboxylic acids is 1. The van der Waals surface area contributed by atoms with Crippen molar-refractivity contribution < 1.29 is 28.9 Å². The molecule has 0 spiro atoms. The fourth-order valence-corrected chi connectivity index (χ4v) is 3.02. The van der Waals surface area contributed by atoms with E-state index in [1.165, 1.54) is 21.3 Å². The lowest BCUT2D eigenvalue weighted by Gasteiger charge is -2.29. The van der Waals surface area contributed by atoms with Crippen LogP contribution in [0.1, 0.15) is 25.3 Å². The Morgan fingerprint density at radius 2 is 1.60 bits per heavy atom. The maximum absolute atomic E-state index is 12.3. The van der Waals surface area contributed by atoms with Crippen LogP contribution in [0.15, 0.2) is 40.7 Å². The molecule has 0 bridgehead atoms. The molecule has 1 aliphatic heterocycles. The Labute approximate surface area is 145 Å². The molecule has 0 amide bonds. The number of rotatable bonds is 5. The minimum absolute atomic E-state index is 0.0817. The van der Waals surface area contributed by atoms with Gasteiger partial charge in [0, 0.05) is 11.4 Å². The van der Waals surface area contributed by atoms with Gasteiger partial charge in [-0.15, -0.1) is 0 Å². The van der Waals surface area contributed by atoms with E-state index >= 15 is 0 Å². The van der Waals surface area contributed by atoms with E-state index < -0.39 is 17.9 Å². The summed E-state index contributed by atoms with van der Waals surface area (Å²) in [5.74, 6) is -1.53. The van der Waals surface area contributed by atoms with Crippen LogP contribution in [0.3, 0.4) is 0 Å². The maximum Gasteiger partial charge on any atom is 0.336 e. The highest BCUT2D eigenvalue weighted by molar-refractivity contribution is 5.99. The Balaban J connectivity index is 2.71. The minimum atomic E-state index is -1.11. The summed E-state index contributed by atoms with van der Waals surface area (Å²) < 4.78 is 15.4. The van der Waals surface area contributed by atoms with Crippen molar-refractivity contribution in [3.63, 3.8) is 0 Å². The average Bonchev–Trinajstić information content (AvgIpc) is 2.59. The highest BCUT2D eigenvalue weighted by Crippen LogP contribution is 2.41. The molecule has 0 saturated carbocycles. The molecule has 0 aromatic heterocycles. The first-order chi connectivity index (χ1) is 11.8. The van der Waals surface area contributed by atoms with Crippen molar-refractivity contribution in [1.29, 1.82) is 0 Å². The van der Waals surface area contributed by atoms with E-state index in [1.54, 1.807) is 32.0 Å². The summed E-state index contributed by atoms with van der Waals surface area (Å²) in [6.07, 6.45) is 0. The zero-order valence-corrected chi connectivity index (χ0v) is 14.8. The molecule has 0 aliphatic carbocycles. The number of allylic oxidation sites excluding steroid dienone is 2. The number of carboxylic acid groups (broad SMARTS) is 1. The molecule has 0 fully saturated rings. The molecule has 25 heavy (non-hydrogen) atoms. The number of nitrogens with one attached hydrogen (secondary N) is 1. The molecule has 1 atom stereocenters. The summed E-state index contributed by atoms with van der Waals surface area (Å²) in [6.45, 7) is 3.37. The molecule has 134 valence electrons. The predicted octanol–water partition coefficient (Wildman–Crippen LogP) is 2.20. The molecule has 7 nitrogen and oxygen atoms in total. The number of methoxy groups -OCH3 is 3. The Morgan fingerprint density at radius 1 is 1.00 bits per heavy atom. The lowest BCUT2D eigenvalue weighted by molar-refractivity contribution is -0.136. The van der Waals surface area contributed by atoms with Crippen molar-refractivity contribution >= 4 is 11.9 Å². The van der Waals surface area contributed by atoms with Crippen LogP contribution >= 0.6 is 0 Å². The third-order valence-electron chi connectivity index (χ3n) is 4.14. The van der Waals surface area contributed by atoms with Crippen LogP contribution in [0.4, 0.5) is 0 Å². The van der Waals surface area contributed by atoms with Gasteiger partial charge in [0.25, 0.3) is 0 Å². The van der Waals surface area contributed by atoms with E-state index in [0.29, 0.717) is 28.5 Å². The van der Waals surface area contributed by atoms with Gasteiger partial charge in [0.1, 0.15) is 0 Å². The van der Waals surface area contributed by atoms with E-state index in [2.05, 4.69) is 5.32 Å². The minimum Gasteiger partial charge on any atom is -0.493 e. The third kappa shape index (κ3) is 3.31. The number of carbonyl (C=O) groups excluding carboxylic acids is 1. The first-order valence-electron chi connectivity index (χ1n) is 7.57. The summed E-state index contributed by atoms with van der Waals surface area (Å²) in [7, 11) is 4.27. The molecule has 0 saturated heterocycles. The molecule has 2 N–H and O–H groups in total. The van der Waals surface area contributed by atoms with Gasteiger partial charge in [-0.3, -0.25) is 0 Å². The highest BCUT2D eigenvalue weighted by Gasteiger charge is 2.37. The van der Waals surface area contributed by atoms with Gasteiger partial charge >= 0.3 is 11.9 Å². The van der Waals surface area contributed by atoms with Gasteiger partial charge in [0.05, 0.1) is 38.4 Å². The largest absolute Gasteiger partial charge is 0.493 e. The number of aliphatic carboxylic acids is 1. The van der Waals surface area contributed by atoms with Gasteiger partial charge in [-0.05, 0) is 31.5 Å². The second-order valence-electron chi connectivity index (χ2n) is 5.55. The summed E-state index contributed by atoms with van der Waals surface area (Å²) in [6, 6.07) is 5.06. The number of dihydropyridines is 1. The van der Waals surface area contributed by atoms with Gasteiger partial charge in [0.15, 0.2) is 11.5 Å². The quantitative estimate of drug-likeness (QED) is 0.789. The molecule has 1 heterocycles. The van der Waals surface area contributed by atoms with Gasteiger partial charge in [-0.2, -0.15) is 0 Å². The molecule has 1 aliphatic rings. The normalized spacial score (nSPS) is 17.1. The van der Waals surface area contributed by atoms with E-state index in [-0.39, 0.29) is 11.1 Å². The number of benzene rings is 1. The van der Waals surface area contributed by atoms with Crippen LogP contribution in [0, 0.1) is 0 Å². The van der Waals surface area contributed by atoms with E-state index in [9.17, 15) is 14.7 Å². The Kier molecular flexibility index (Phi) is 5.36. The predicted molar refractivity (Wildman–Crippen MR) is 90.5 cm³/mol. The van der Waals surface area contributed by atoms with Crippen molar-refractivity contribution in [2.24, 2.45) is 0 Å². The lowest BCUT2D eigenvalue weighted by Crippen LogP contribution is -2.31. The number of ether oxygens (including phenoxy) is 3. The number of hydrogen-bond acceptors (Lipinski definition) is 6. The number of hydrogen-bond donors (Lipinski definition) is 2. The summed E-state index contributed by atoms with van der Waals surface area (Å²) in [5, 5.41) is 12.6. The highest BCUT2D eigenvalue weighted by atomic mass is 16.5. The van der Waals surface area contributed by atoms with Crippen LogP contribution in [0.2, 0.25) is 0 Å². The van der Waals surface area contributed by atoms with Crippen LogP contribution in [-0.2, 0) is 14.3 Å². The first-order valence-corrected chi connectivity index (χ1v) is 7.57. The molecule has 2 rings (SSSR count). The van der Waals surface area contributed by atoms with E-state index in [0.717, 1.165) is 0 Å². The average molecular weight is 347 g/mol. The summed E-state index contributed by atoms with van der Waals surface area (Å²) >= 11 is 0. The van der Waals surface area contributed by atoms with Crippen molar-refractivity contribution in [2.75, 3.05) is 21.3 Å². The van der Waals surface area contributed by atoms with E-state index in [1.807, 2.05) is 0 Å². The lowest BCUT2D eigenvalue weighted by atomic mass is 9.80. The molecular weight excluding hydrogens is 326 g/mol. The zero-order valence-electron chi connectivity index (χ0n) is 14.8. The smallest absolute Gasteiger partial charge is 0.336 e. The molecule has 1 aromatic rings. The summed E-state index contributed by atoms with van der Waals surface area (Å²) in [5.41, 5.74) is 1.94. The van der Waals surface area contributed by atoms with Crippen LogP contribution in [0.25, 0.3) is 0 Å². The summed E-state index contributed by atoms with van der Waals surface area (Å²) in [4.78, 5) is 24.2. The maximum atomic E-state index is 12.3. The van der Waals surface area contributed by atoms with Crippen LogP contribution < -0.4 is 14.8 Å². The fraction of sp³-hybridized carbons (Fsp3) is 0.333. The third-order valence-corrected chi connectivity index (χ3v) is 4.14. The van der Waals surface area contributed by atoms with Crippen LogP contribution in [-0.4, -0.2) is 38.4 Å². The van der Waals surface area contributed by atoms with Crippen LogP contribution in [0.5, 0.6) is 11.5 Å². The van der Waals surface area contributed by atoms with Crippen molar-refractivity contribution in [2.45, 2.75) is 19.8 Å². The fourth-order valence-electron chi connectivity index (χ4n) is 3.02. The van der Waals surface area contributed by atoms with E-state index in [4.69, 9.17) is 14.2 Å². The zero-order chi connectivity index (χ0) is 18.7. The van der Waals surface area contributed by atoms with Gasteiger partial charge in [0.2, 0.25) is 0 Å². The Hall–Kier alpha value is -2.96. The topological polar surface area (TPSA) is 94.1 Å². The molecular formula is C18H21NO6. The first kappa shape index (κ1) is 18.4. The SMILES string of the molecule is COC(=O)C1=C(C)NC(C)=C(C(=O)O)C1c1ccc(OC)c(OC)c1. The van der Waals surface area contributed by atoms with Gasteiger partial charge in [-0.25, -0.2) is 9.59 Å². The number of esters is 1. The Bertz CT molecular complexity index is 778. The number of carbonyl (C=O) groups is 2. The second kappa shape index (κ2) is 7.29. The molecule has 0 radical (unpaired) electrons. The Morgan fingerprint density at radius 3 is 2.12 bits per heavy atom. The monoisotopic (exact) mass is 347 g/mol. The van der Waals surface area contributed by atoms with Gasteiger partial charge in [-0.1, -0.05) is 6.07 Å². The standard InChI is InChI=1S/C18H21NO6/c1-9-14(17(20)21)16(15(10(2)19-9)18(22)25-5)11-6-7-12(23-3)13(8-11)24-4/h6-8,16,19H,1-5H3,(H,20,21). The second-order valence-corrected chi connectivity index (χ2v) is 5.55. The van der Waals surface area contributed by atoms with Crippen molar-refractivity contribution in [3.05, 3.63) is 46.3 Å².